The minimum absolute atomic E-state index is 0.0741. The van der Waals surface area contributed by atoms with E-state index >= 15 is 0 Å². The van der Waals surface area contributed by atoms with Crippen LogP contribution >= 0.6 is 0 Å². The molecule has 182 valence electrons. The van der Waals surface area contributed by atoms with Gasteiger partial charge >= 0.3 is 6.09 Å². The molecule has 0 radical (unpaired) electrons. The minimum Gasteiger partial charge on any atom is -0.444 e. The van der Waals surface area contributed by atoms with Crippen molar-refractivity contribution in [3.05, 3.63) is 29.3 Å². The molecule has 0 unspecified atom stereocenters. The molecule has 3 heterocycles. The van der Waals surface area contributed by atoms with Gasteiger partial charge in [0, 0.05) is 50.3 Å². The summed E-state index contributed by atoms with van der Waals surface area (Å²) in [7, 11) is 0. The molecule has 2 amide bonds. The predicted octanol–water partition coefficient (Wildman–Crippen LogP) is 3.72. The molecule has 0 bridgehead atoms. The fraction of sp³-hybridized carbons (Fsp3) is 0.692. The fourth-order valence-electron chi connectivity index (χ4n) is 5.79. The average Bonchev–Trinajstić information content (AvgIpc) is 3.12. The molecular weight excluding hydrogens is 418 g/mol. The Kier molecular flexibility index (Phi) is 7.29. The number of carbonyl (C=O) groups is 2. The van der Waals surface area contributed by atoms with Crippen molar-refractivity contribution in [3.63, 3.8) is 0 Å². The van der Waals surface area contributed by atoms with Crippen molar-refractivity contribution in [2.24, 2.45) is 0 Å². The summed E-state index contributed by atoms with van der Waals surface area (Å²) >= 11 is 0. The SMILES string of the molecule is CCOC[C@@H](C)OC(=O)N1CCC(N2CCC3(CC2)CN(C(C)=O)c2ccc(C)cc23)CC1. The molecule has 7 nitrogen and oxygen atoms in total. The number of aryl methyl sites for hydroxylation is 1. The quantitative estimate of drug-likeness (QED) is 0.674. The lowest BCUT2D eigenvalue weighted by atomic mass is 9.73. The van der Waals surface area contributed by atoms with Gasteiger partial charge < -0.3 is 24.2 Å². The Balaban J connectivity index is 1.31. The fourth-order valence-corrected chi connectivity index (χ4v) is 5.79. The first-order chi connectivity index (χ1) is 15.8. The number of ether oxygens (including phenoxy) is 2. The standard InChI is InChI=1S/C26H39N3O4/c1-5-32-17-20(3)33-25(31)28-12-8-22(9-13-28)27-14-10-26(11-15-27)18-29(21(4)30)24-7-6-19(2)16-23(24)26/h6-7,16,20,22H,5,8-15,17-18H2,1-4H3/t20-/m1/s1. The van der Waals surface area contributed by atoms with Crippen molar-refractivity contribution in [1.29, 1.82) is 0 Å². The Morgan fingerprint density at radius 3 is 2.48 bits per heavy atom. The largest absolute Gasteiger partial charge is 0.444 e. The molecule has 3 aliphatic rings. The highest BCUT2D eigenvalue weighted by molar-refractivity contribution is 5.94. The third-order valence-corrected chi connectivity index (χ3v) is 7.71. The Hall–Kier alpha value is -2.12. The number of benzene rings is 1. The second-order valence-corrected chi connectivity index (χ2v) is 10.0. The molecule has 3 aliphatic heterocycles. The van der Waals surface area contributed by atoms with Crippen LogP contribution in [0.2, 0.25) is 0 Å². The number of hydrogen-bond acceptors (Lipinski definition) is 5. The third-order valence-electron chi connectivity index (χ3n) is 7.71. The monoisotopic (exact) mass is 457 g/mol. The molecule has 0 aliphatic carbocycles. The highest BCUT2D eigenvalue weighted by Crippen LogP contribution is 2.47. The first-order valence-corrected chi connectivity index (χ1v) is 12.5. The van der Waals surface area contributed by atoms with E-state index in [0.29, 0.717) is 19.3 Å². The smallest absolute Gasteiger partial charge is 0.410 e. The van der Waals surface area contributed by atoms with Crippen molar-refractivity contribution in [3.8, 4) is 0 Å². The van der Waals surface area contributed by atoms with Crippen LogP contribution in [0.3, 0.4) is 0 Å². The maximum absolute atomic E-state index is 12.5. The van der Waals surface area contributed by atoms with E-state index in [0.717, 1.165) is 64.1 Å². The van der Waals surface area contributed by atoms with E-state index in [1.807, 2.05) is 23.6 Å². The van der Waals surface area contributed by atoms with Crippen LogP contribution in [0.25, 0.3) is 0 Å². The first-order valence-electron chi connectivity index (χ1n) is 12.5. The van der Waals surface area contributed by atoms with Gasteiger partial charge in [0.15, 0.2) is 0 Å². The van der Waals surface area contributed by atoms with Crippen LogP contribution < -0.4 is 4.90 Å². The Labute approximate surface area is 198 Å². The van der Waals surface area contributed by atoms with Crippen LogP contribution in [0, 0.1) is 6.92 Å². The molecule has 7 heteroatoms. The summed E-state index contributed by atoms with van der Waals surface area (Å²) in [4.78, 5) is 31.2. The van der Waals surface area contributed by atoms with Gasteiger partial charge in [-0.05, 0) is 71.2 Å². The van der Waals surface area contributed by atoms with Crippen molar-refractivity contribution in [2.75, 3.05) is 50.8 Å². The van der Waals surface area contributed by atoms with Crippen molar-refractivity contribution in [2.45, 2.75) is 70.9 Å². The van der Waals surface area contributed by atoms with Gasteiger partial charge in [0.1, 0.15) is 6.10 Å². The van der Waals surface area contributed by atoms with Crippen LogP contribution in [-0.4, -0.2) is 79.9 Å². The molecular formula is C26H39N3O4. The predicted molar refractivity (Wildman–Crippen MR) is 129 cm³/mol. The molecule has 1 aromatic rings. The van der Waals surface area contributed by atoms with E-state index < -0.39 is 0 Å². The average molecular weight is 458 g/mol. The lowest BCUT2D eigenvalue weighted by Crippen LogP contribution is -2.52. The van der Waals surface area contributed by atoms with Gasteiger partial charge in [-0.2, -0.15) is 0 Å². The zero-order chi connectivity index (χ0) is 23.6. The van der Waals surface area contributed by atoms with Crippen LogP contribution in [0.4, 0.5) is 10.5 Å². The van der Waals surface area contributed by atoms with E-state index in [-0.39, 0.29) is 23.5 Å². The lowest BCUT2D eigenvalue weighted by Gasteiger charge is -2.45. The van der Waals surface area contributed by atoms with Crippen LogP contribution in [0.1, 0.15) is 57.6 Å². The number of nitrogens with zero attached hydrogens (tertiary/aromatic N) is 3. The normalized spacial score (nSPS) is 21.8. The maximum atomic E-state index is 12.5. The number of hydrogen-bond donors (Lipinski definition) is 0. The summed E-state index contributed by atoms with van der Waals surface area (Å²) in [5, 5.41) is 0. The van der Waals surface area contributed by atoms with Gasteiger partial charge in [0.05, 0.1) is 6.61 Å². The van der Waals surface area contributed by atoms with Crippen molar-refractivity contribution in [1.82, 2.24) is 9.80 Å². The van der Waals surface area contributed by atoms with Gasteiger partial charge in [0.25, 0.3) is 0 Å². The highest BCUT2D eigenvalue weighted by Gasteiger charge is 2.46. The molecule has 4 rings (SSSR count). The van der Waals surface area contributed by atoms with E-state index in [2.05, 4.69) is 30.0 Å². The van der Waals surface area contributed by atoms with E-state index in [9.17, 15) is 9.59 Å². The zero-order valence-electron chi connectivity index (χ0n) is 20.6. The van der Waals surface area contributed by atoms with Crippen molar-refractivity contribution >= 4 is 17.7 Å². The zero-order valence-corrected chi connectivity index (χ0v) is 20.6. The van der Waals surface area contributed by atoms with Gasteiger partial charge in [-0.1, -0.05) is 17.7 Å². The third kappa shape index (κ3) is 5.04. The Morgan fingerprint density at radius 2 is 1.85 bits per heavy atom. The van der Waals surface area contributed by atoms with Gasteiger partial charge in [-0.15, -0.1) is 0 Å². The highest BCUT2D eigenvalue weighted by atomic mass is 16.6. The summed E-state index contributed by atoms with van der Waals surface area (Å²) in [6, 6.07) is 7.04. The van der Waals surface area contributed by atoms with Gasteiger partial charge in [0.2, 0.25) is 5.91 Å². The molecule has 2 saturated heterocycles. The van der Waals surface area contributed by atoms with Crippen LogP contribution in [0.5, 0.6) is 0 Å². The summed E-state index contributed by atoms with van der Waals surface area (Å²) in [5.74, 6) is 0.134. The number of rotatable bonds is 5. The van der Waals surface area contributed by atoms with Crippen LogP contribution in [0.15, 0.2) is 18.2 Å². The molecule has 1 spiro atoms. The molecule has 33 heavy (non-hydrogen) atoms. The van der Waals surface area contributed by atoms with Gasteiger partial charge in [-0.25, -0.2) is 4.79 Å². The topological polar surface area (TPSA) is 62.3 Å². The van der Waals surface area contributed by atoms with E-state index in [4.69, 9.17) is 9.47 Å². The summed E-state index contributed by atoms with van der Waals surface area (Å²) in [5.41, 5.74) is 3.80. The van der Waals surface area contributed by atoms with Crippen molar-refractivity contribution < 1.29 is 19.1 Å². The molecule has 1 atom stereocenters. The number of amides is 2. The lowest BCUT2D eigenvalue weighted by molar-refractivity contribution is -0.116. The second-order valence-electron chi connectivity index (χ2n) is 10.0. The van der Waals surface area contributed by atoms with Crippen LogP contribution in [-0.2, 0) is 19.7 Å². The number of piperidine rings is 2. The van der Waals surface area contributed by atoms with Gasteiger partial charge in [-0.3, -0.25) is 4.79 Å². The number of carbonyl (C=O) groups excluding carboxylic acids is 2. The summed E-state index contributed by atoms with van der Waals surface area (Å²) in [6.45, 7) is 13.1. The molecule has 0 saturated carbocycles. The second kappa shape index (κ2) is 10.0. The molecule has 1 aromatic carbocycles. The molecule has 0 aromatic heterocycles. The van der Waals surface area contributed by atoms with E-state index in [1.54, 1.807) is 6.92 Å². The minimum atomic E-state index is -0.222. The first kappa shape index (κ1) is 24.0. The van der Waals surface area contributed by atoms with E-state index in [1.165, 1.54) is 11.1 Å². The maximum Gasteiger partial charge on any atom is 0.410 e. The number of anilines is 1. The number of likely N-dealkylation sites (tertiary alicyclic amines) is 2. The summed E-state index contributed by atoms with van der Waals surface area (Å²) in [6.07, 6.45) is 3.67. The Morgan fingerprint density at radius 1 is 1.15 bits per heavy atom. The Bertz CT molecular complexity index is 857. The number of fused-ring (bicyclic) bond motifs is 2. The molecule has 2 fully saturated rings. The summed E-state index contributed by atoms with van der Waals surface area (Å²) < 4.78 is 10.9. The molecule has 0 N–H and O–H groups in total.